The molecule has 42 heavy (non-hydrogen) atoms. The lowest BCUT2D eigenvalue weighted by atomic mass is 9.87. The first-order valence-electron chi connectivity index (χ1n) is 15.4. The van der Waals surface area contributed by atoms with E-state index in [2.05, 4.69) is 38.9 Å². The zero-order chi connectivity index (χ0) is 29.1. The van der Waals surface area contributed by atoms with E-state index < -0.39 is 10.0 Å². The van der Waals surface area contributed by atoms with E-state index in [9.17, 15) is 13.2 Å². The molecule has 0 atom stereocenters. The Hall–Kier alpha value is -2.49. The molecule has 4 rings (SSSR count). The number of rotatable bonds is 13. The number of anilines is 1. The van der Waals surface area contributed by atoms with Gasteiger partial charge in [-0.05, 0) is 73.6 Å². The number of sulfonamides is 1. The summed E-state index contributed by atoms with van der Waals surface area (Å²) in [5, 5.41) is 3.26. The van der Waals surface area contributed by atoms with Crippen LogP contribution in [0.5, 0.6) is 11.5 Å². The summed E-state index contributed by atoms with van der Waals surface area (Å²) in [7, 11) is -3.30. The molecule has 2 aliphatic rings. The number of carbonyl (C=O) groups excluding carboxylic acids is 1. The van der Waals surface area contributed by atoms with Crippen LogP contribution in [0.1, 0.15) is 76.7 Å². The molecule has 1 aliphatic carbocycles. The van der Waals surface area contributed by atoms with E-state index in [4.69, 9.17) is 4.74 Å². The van der Waals surface area contributed by atoms with Crippen molar-refractivity contribution in [3.05, 3.63) is 54.1 Å². The molecule has 10 heteroatoms. The zero-order valence-electron chi connectivity index (χ0n) is 25.2. The van der Waals surface area contributed by atoms with Gasteiger partial charge in [0.15, 0.2) is 0 Å². The lowest BCUT2D eigenvalue weighted by Crippen LogP contribution is -2.51. The van der Waals surface area contributed by atoms with Gasteiger partial charge in [0, 0.05) is 44.5 Å². The Bertz CT molecular complexity index is 1180. The predicted octanol–water partition coefficient (Wildman–Crippen LogP) is 7.02. The van der Waals surface area contributed by atoms with Crippen LogP contribution in [0.2, 0.25) is 0 Å². The van der Waals surface area contributed by atoms with Crippen LogP contribution < -0.4 is 14.8 Å². The normalized spacial score (nSPS) is 16.8. The molecule has 2 aromatic rings. The van der Waals surface area contributed by atoms with Gasteiger partial charge >= 0.3 is 6.03 Å². The van der Waals surface area contributed by atoms with Crippen LogP contribution in [-0.2, 0) is 16.6 Å². The van der Waals surface area contributed by atoms with Gasteiger partial charge in [0.05, 0.1) is 6.26 Å². The van der Waals surface area contributed by atoms with E-state index in [0.717, 1.165) is 82.8 Å². The van der Waals surface area contributed by atoms with Crippen molar-refractivity contribution in [3.8, 4) is 11.5 Å². The van der Waals surface area contributed by atoms with Crippen LogP contribution in [0.3, 0.4) is 0 Å². The number of carbonyl (C=O) groups is 1. The van der Waals surface area contributed by atoms with Gasteiger partial charge in [-0.25, -0.2) is 13.2 Å². The maximum atomic E-state index is 13.2. The third-order valence-corrected chi connectivity index (χ3v) is 8.89. The van der Waals surface area contributed by atoms with Gasteiger partial charge in [-0.2, -0.15) is 0 Å². The van der Waals surface area contributed by atoms with Gasteiger partial charge in [0.1, 0.15) is 11.5 Å². The van der Waals surface area contributed by atoms with Crippen molar-refractivity contribution in [2.75, 3.05) is 37.2 Å². The average molecular weight is 621 g/mol. The van der Waals surface area contributed by atoms with Crippen molar-refractivity contribution in [2.45, 2.75) is 83.7 Å². The van der Waals surface area contributed by atoms with Crippen molar-refractivity contribution >= 4 is 34.1 Å². The largest absolute Gasteiger partial charge is 0.457 e. The van der Waals surface area contributed by atoms with E-state index in [1.807, 2.05) is 12.1 Å². The molecule has 1 saturated heterocycles. The number of hydrogen-bond acceptors (Lipinski definition) is 5. The molecule has 2 N–H and O–H groups in total. The maximum absolute atomic E-state index is 13.2. The molecule has 0 spiro atoms. The summed E-state index contributed by atoms with van der Waals surface area (Å²) in [5.74, 6) is 2.16. The first-order valence-corrected chi connectivity index (χ1v) is 17.3. The van der Waals surface area contributed by atoms with Crippen molar-refractivity contribution < 1.29 is 17.9 Å². The Kier molecular flexibility index (Phi) is 13.7. The molecular weight excluding hydrogens is 572 g/mol. The van der Waals surface area contributed by atoms with Gasteiger partial charge in [-0.1, -0.05) is 57.6 Å². The minimum atomic E-state index is -3.30. The molecule has 234 valence electrons. The number of likely N-dealkylation sites (tertiary alicyclic amines) is 1. The fourth-order valence-corrected chi connectivity index (χ4v) is 6.55. The molecule has 0 aromatic heterocycles. The topological polar surface area (TPSA) is 91.0 Å². The molecule has 1 heterocycles. The van der Waals surface area contributed by atoms with Crippen LogP contribution in [0.25, 0.3) is 0 Å². The Morgan fingerprint density at radius 3 is 2.17 bits per heavy atom. The van der Waals surface area contributed by atoms with Gasteiger partial charge in [-0.15, -0.1) is 12.4 Å². The number of piperidine rings is 1. The maximum Gasteiger partial charge on any atom is 0.317 e. The second-order valence-corrected chi connectivity index (χ2v) is 13.5. The van der Waals surface area contributed by atoms with Crippen LogP contribution in [0.4, 0.5) is 10.5 Å². The van der Waals surface area contributed by atoms with E-state index in [1.165, 1.54) is 37.7 Å². The number of nitrogens with zero attached hydrogens (tertiary/aromatic N) is 2. The highest BCUT2D eigenvalue weighted by Gasteiger charge is 2.27. The second-order valence-electron chi connectivity index (χ2n) is 11.7. The van der Waals surface area contributed by atoms with Gasteiger partial charge in [0.25, 0.3) is 0 Å². The molecule has 0 radical (unpaired) electrons. The summed E-state index contributed by atoms with van der Waals surface area (Å²) >= 11 is 0. The molecule has 0 bridgehead atoms. The van der Waals surface area contributed by atoms with E-state index in [1.54, 1.807) is 24.3 Å². The number of unbranched alkanes of at least 4 members (excludes halogenated alkanes) is 1. The number of benzene rings is 2. The minimum Gasteiger partial charge on any atom is -0.457 e. The molecule has 1 aliphatic heterocycles. The molecular formula is C32H49ClN4O4S. The van der Waals surface area contributed by atoms with Crippen LogP contribution in [0.15, 0.2) is 48.5 Å². The van der Waals surface area contributed by atoms with E-state index in [0.29, 0.717) is 17.5 Å². The van der Waals surface area contributed by atoms with E-state index in [-0.39, 0.29) is 18.4 Å². The van der Waals surface area contributed by atoms with Gasteiger partial charge in [-0.3, -0.25) is 9.62 Å². The summed E-state index contributed by atoms with van der Waals surface area (Å²) in [6, 6.07) is 15.4. The summed E-state index contributed by atoms with van der Waals surface area (Å²) in [6.45, 7) is 6.67. The number of halogens is 1. The Labute approximate surface area is 259 Å². The molecule has 2 fully saturated rings. The SMILES string of the molecule is CCCCN(C(=O)NCCC1CCCCC1)C1CCN(Cc2ccc(Oc3ccc(NS(C)(=O)=O)cc3)cc2)CC1.Cl. The summed E-state index contributed by atoms with van der Waals surface area (Å²) < 4.78 is 31.1. The number of amides is 2. The first kappa shape index (κ1) is 34.0. The summed E-state index contributed by atoms with van der Waals surface area (Å²) in [6.07, 6.45) is 13.1. The minimum absolute atomic E-state index is 0. The van der Waals surface area contributed by atoms with Crippen molar-refractivity contribution in [3.63, 3.8) is 0 Å². The predicted molar refractivity (Wildman–Crippen MR) is 173 cm³/mol. The third-order valence-electron chi connectivity index (χ3n) is 8.29. The van der Waals surface area contributed by atoms with Crippen molar-refractivity contribution in [2.24, 2.45) is 5.92 Å². The fraction of sp³-hybridized carbons (Fsp3) is 0.594. The highest BCUT2D eigenvalue weighted by Crippen LogP contribution is 2.27. The summed E-state index contributed by atoms with van der Waals surface area (Å²) in [4.78, 5) is 17.8. The van der Waals surface area contributed by atoms with Crippen molar-refractivity contribution in [1.29, 1.82) is 0 Å². The molecule has 8 nitrogen and oxygen atoms in total. The number of nitrogens with one attached hydrogen (secondary N) is 2. The lowest BCUT2D eigenvalue weighted by molar-refractivity contribution is 0.116. The number of urea groups is 1. The molecule has 0 unspecified atom stereocenters. The number of hydrogen-bond donors (Lipinski definition) is 2. The van der Waals surface area contributed by atoms with Gasteiger partial charge in [0.2, 0.25) is 10.0 Å². The zero-order valence-corrected chi connectivity index (χ0v) is 26.9. The number of ether oxygens (including phenoxy) is 1. The molecule has 2 aromatic carbocycles. The molecule has 1 saturated carbocycles. The van der Waals surface area contributed by atoms with E-state index >= 15 is 0 Å². The highest BCUT2D eigenvalue weighted by molar-refractivity contribution is 7.92. The molecule has 2 amide bonds. The Morgan fingerprint density at radius 2 is 1.57 bits per heavy atom. The fourth-order valence-electron chi connectivity index (χ4n) is 5.99. The highest BCUT2D eigenvalue weighted by atomic mass is 35.5. The third kappa shape index (κ3) is 11.3. The quantitative estimate of drug-likeness (QED) is 0.251. The Morgan fingerprint density at radius 1 is 0.952 bits per heavy atom. The standard InChI is InChI=1S/C32H48N4O4S.ClH/c1-3-4-22-36(32(37)33-21-18-26-8-6-5-7-9-26)29-19-23-35(24-20-29)25-27-10-14-30(15-11-27)40-31-16-12-28(13-17-31)34-41(2,38)39;/h10-17,26,29,34H,3-9,18-25H2,1-2H3,(H,33,37);1H. The van der Waals surface area contributed by atoms with Crippen LogP contribution in [-0.4, -0.2) is 62.7 Å². The van der Waals surface area contributed by atoms with Gasteiger partial charge < -0.3 is 15.0 Å². The summed E-state index contributed by atoms with van der Waals surface area (Å²) in [5.41, 5.74) is 1.73. The van der Waals surface area contributed by atoms with Crippen LogP contribution >= 0.6 is 12.4 Å². The van der Waals surface area contributed by atoms with Crippen LogP contribution in [0, 0.1) is 5.92 Å². The second kappa shape index (κ2) is 17.0. The smallest absolute Gasteiger partial charge is 0.317 e. The lowest BCUT2D eigenvalue weighted by Gasteiger charge is -2.38. The monoisotopic (exact) mass is 620 g/mol. The average Bonchev–Trinajstić information content (AvgIpc) is 2.96. The Balaban J connectivity index is 0.00000484. The van der Waals surface area contributed by atoms with Crippen molar-refractivity contribution in [1.82, 2.24) is 15.1 Å². The first-order chi connectivity index (χ1) is 19.8.